The van der Waals surface area contributed by atoms with Gasteiger partial charge in [-0.05, 0) is 47.0 Å². The number of halogens is 1. The highest BCUT2D eigenvalue weighted by Crippen LogP contribution is 2.58. The van der Waals surface area contributed by atoms with Crippen LogP contribution in [-0.2, 0) is 5.60 Å². The maximum Gasteiger partial charge on any atom is 0.185 e. The minimum Gasteiger partial charge on any atom is -0.472 e. The number of benzene rings is 4. The summed E-state index contributed by atoms with van der Waals surface area (Å²) in [7, 11) is 0. The number of hydrogen-bond acceptors (Lipinski definition) is 1. The van der Waals surface area contributed by atoms with E-state index in [0.29, 0.717) is 0 Å². The average Bonchev–Trinajstić information content (AvgIpc) is 3.06. The molecular weight excluding hydrogens is 383 g/mol. The minimum absolute atomic E-state index is 0.261. The van der Waals surface area contributed by atoms with Gasteiger partial charge in [0.1, 0.15) is 11.6 Å². The van der Waals surface area contributed by atoms with Crippen molar-refractivity contribution in [1.29, 1.82) is 0 Å². The summed E-state index contributed by atoms with van der Waals surface area (Å²) in [6.45, 7) is 0. The molecule has 1 heterocycles. The SMILES string of the molecule is Fc1ccc([C@@]23Oc4ccccc4C2=Cc2ccccc2C=C3c2ccccc2)cc1. The van der Waals surface area contributed by atoms with Gasteiger partial charge in [0.05, 0.1) is 0 Å². The van der Waals surface area contributed by atoms with E-state index in [-0.39, 0.29) is 5.82 Å². The first kappa shape index (κ1) is 17.9. The zero-order valence-electron chi connectivity index (χ0n) is 16.8. The lowest BCUT2D eigenvalue weighted by Gasteiger charge is -2.34. The Morgan fingerprint density at radius 3 is 1.94 bits per heavy atom. The van der Waals surface area contributed by atoms with Crippen molar-refractivity contribution >= 4 is 23.3 Å². The molecule has 148 valence electrons. The highest BCUT2D eigenvalue weighted by atomic mass is 19.1. The number of para-hydroxylation sites is 1. The van der Waals surface area contributed by atoms with E-state index in [1.165, 1.54) is 12.1 Å². The van der Waals surface area contributed by atoms with Gasteiger partial charge in [0, 0.05) is 22.3 Å². The lowest BCUT2D eigenvalue weighted by atomic mass is 9.76. The second kappa shape index (κ2) is 6.82. The van der Waals surface area contributed by atoms with Crippen molar-refractivity contribution in [2.45, 2.75) is 5.60 Å². The molecule has 0 saturated heterocycles. The van der Waals surface area contributed by atoms with Crippen LogP contribution < -0.4 is 4.74 Å². The monoisotopic (exact) mass is 402 g/mol. The predicted octanol–water partition coefficient (Wildman–Crippen LogP) is 7.21. The molecule has 2 heteroatoms. The molecule has 0 N–H and O–H groups in total. The molecule has 0 fully saturated rings. The molecule has 0 aromatic heterocycles. The summed E-state index contributed by atoms with van der Waals surface area (Å²) in [6, 6.07) is 33.5. The second-order valence-electron chi connectivity index (χ2n) is 7.90. The smallest absolute Gasteiger partial charge is 0.185 e. The summed E-state index contributed by atoms with van der Waals surface area (Å²) >= 11 is 0. The number of ether oxygens (including phenoxy) is 1. The van der Waals surface area contributed by atoms with Crippen molar-refractivity contribution in [3.8, 4) is 5.75 Å². The fourth-order valence-electron chi connectivity index (χ4n) is 4.71. The van der Waals surface area contributed by atoms with E-state index >= 15 is 0 Å². The van der Waals surface area contributed by atoms with E-state index < -0.39 is 5.60 Å². The molecule has 2 aliphatic rings. The molecule has 4 aromatic rings. The van der Waals surface area contributed by atoms with Gasteiger partial charge in [-0.25, -0.2) is 4.39 Å². The fraction of sp³-hybridized carbons (Fsp3) is 0.0345. The molecule has 1 aliphatic carbocycles. The summed E-state index contributed by atoms with van der Waals surface area (Å²) in [5, 5.41) is 0. The molecule has 0 bridgehead atoms. The molecule has 1 nitrogen and oxygen atoms in total. The summed E-state index contributed by atoms with van der Waals surface area (Å²) in [4.78, 5) is 0. The third-order valence-electron chi connectivity index (χ3n) is 6.13. The molecule has 0 spiro atoms. The van der Waals surface area contributed by atoms with Crippen LogP contribution in [0.15, 0.2) is 103 Å². The van der Waals surface area contributed by atoms with Crippen LogP contribution in [-0.4, -0.2) is 0 Å². The van der Waals surface area contributed by atoms with Crippen LogP contribution >= 0.6 is 0 Å². The average molecular weight is 402 g/mol. The van der Waals surface area contributed by atoms with Gasteiger partial charge in [-0.2, -0.15) is 0 Å². The minimum atomic E-state index is -0.877. The molecule has 31 heavy (non-hydrogen) atoms. The van der Waals surface area contributed by atoms with Crippen LogP contribution in [0.2, 0.25) is 0 Å². The molecule has 4 aromatic carbocycles. The summed E-state index contributed by atoms with van der Waals surface area (Å²) < 4.78 is 20.7. The lowest BCUT2D eigenvalue weighted by Crippen LogP contribution is -2.32. The third-order valence-corrected chi connectivity index (χ3v) is 6.13. The standard InChI is InChI=1S/C29H19FO/c30-24-16-14-23(15-17-24)29-26(20-8-2-1-3-9-20)18-21-10-4-5-11-22(21)19-27(29)25-12-6-7-13-28(25)31-29/h1-19H/t29-/m0/s1. The normalized spacial score (nSPS) is 18.6. The summed E-state index contributed by atoms with van der Waals surface area (Å²) in [5.74, 6) is 0.572. The van der Waals surface area contributed by atoms with Gasteiger partial charge in [-0.3, -0.25) is 0 Å². The van der Waals surface area contributed by atoms with Crippen molar-refractivity contribution < 1.29 is 9.13 Å². The molecule has 1 aliphatic heterocycles. The summed E-state index contributed by atoms with van der Waals surface area (Å²) in [6.07, 6.45) is 4.43. The Labute approximate surface area is 180 Å². The Morgan fingerprint density at radius 1 is 0.581 bits per heavy atom. The van der Waals surface area contributed by atoms with Gasteiger partial charge >= 0.3 is 0 Å². The first-order valence-electron chi connectivity index (χ1n) is 10.4. The maximum atomic E-state index is 13.9. The fourth-order valence-corrected chi connectivity index (χ4v) is 4.71. The van der Waals surface area contributed by atoms with Crippen LogP contribution in [0, 0.1) is 5.82 Å². The largest absolute Gasteiger partial charge is 0.472 e. The van der Waals surface area contributed by atoms with Crippen molar-refractivity contribution in [2.24, 2.45) is 0 Å². The van der Waals surface area contributed by atoms with Gasteiger partial charge in [-0.15, -0.1) is 0 Å². The molecule has 0 radical (unpaired) electrons. The Morgan fingerprint density at radius 2 is 1.19 bits per heavy atom. The van der Waals surface area contributed by atoms with Gasteiger partial charge in [0.25, 0.3) is 0 Å². The van der Waals surface area contributed by atoms with E-state index in [9.17, 15) is 4.39 Å². The van der Waals surface area contributed by atoms with E-state index in [2.05, 4.69) is 54.6 Å². The molecule has 6 rings (SSSR count). The maximum absolute atomic E-state index is 13.9. The van der Waals surface area contributed by atoms with E-state index in [0.717, 1.165) is 44.7 Å². The zero-order chi connectivity index (χ0) is 20.8. The van der Waals surface area contributed by atoms with Crippen LogP contribution in [0.5, 0.6) is 5.75 Å². The van der Waals surface area contributed by atoms with Crippen LogP contribution in [0.3, 0.4) is 0 Å². The van der Waals surface area contributed by atoms with E-state index in [1.807, 2.05) is 48.5 Å². The molecule has 0 amide bonds. The molecule has 1 atom stereocenters. The first-order valence-corrected chi connectivity index (χ1v) is 10.4. The number of rotatable bonds is 2. The number of hydrogen-bond donors (Lipinski definition) is 0. The van der Waals surface area contributed by atoms with Gasteiger partial charge in [-0.1, -0.05) is 84.9 Å². The van der Waals surface area contributed by atoms with Gasteiger partial charge in [0.2, 0.25) is 0 Å². The van der Waals surface area contributed by atoms with Crippen LogP contribution in [0.1, 0.15) is 27.8 Å². The Bertz CT molecular complexity index is 1330. The highest BCUT2D eigenvalue weighted by molar-refractivity contribution is 6.07. The second-order valence-corrected chi connectivity index (χ2v) is 7.90. The molecule has 0 unspecified atom stereocenters. The Balaban J connectivity index is 1.75. The van der Waals surface area contributed by atoms with Crippen molar-refractivity contribution in [3.63, 3.8) is 0 Å². The van der Waals surface area contributed by atoms with Gasteiger partial charge in [0.15, 0.2) is 5.60 Å². The lowest BCUT2D eigenvalue weighted by molar-refractivity contribution is 0.213. The predicted molar refractivity (Wildman–Crippen MR) is 124 cm³/mol. The van der Waals surface area contributed by atoms with Crippen molar-refractivity contribution in [3.05, 3.63) is 137 Å². The highest BCUT2D eigenvalue weighted by Gasteiger charge is 2.49. The molecule has 0 saturated carbocycles. The quantitative estimate of drug-likeness (QED) is 0.344. The topological polar surface area (TPSA) is 9.23 Å². The number of fused-ring (bicyclic) bond motifs is 4. The van der Waals surface area contributed by atoms with Crippen LogP contribution in [0.25, 0.3) is 23.3 Å². The van der Waals surface area contributed by atoms with E-state index in [4.69, 9.17) is 4.74 Å². The van der Waals surface area contributed by atoms with Crippen molar-refractivity contribution in [1.82, 2.24) is 0 Å². The summed E-state index contributed by atoms with van der Waals surface area (Å²) in [5.41, 5.74) is 6.52. The zero-order valence-corrected chi connectivity index (χ0v) is 16.8. The van der Waals surface area contributed by atoms with Gasteiger partial charge < -0.3 is 4.74 Å². The third kappa shape index (κ3) is 2.69. The molecular formula is C29H19FO. The van der Waals surface area contributed by atoms with Crippen molar-refractivity contribution in [2.75, 3.05) is 0 Å². The van der Waals surface area contributed by atoms with Crippen LogP contribution in [0.4, 0.5) is 4.39 Å². The Hall–Kier alpha value is -3.91. The first-order chi connectivity index (χ1) is 15.3. The van der Waals surface area contributed by atoms with E-state index in [1.54, 1.807) is 0 Å². The Kier molecular flexibility index (Phi) is 3.94.